The summed E-state index contributed by atoms with van der Waals surface area (Å²) >= 11 is 0. The van der Waals surface area contributed by atoms with Crippen LogP contribution in [0.4, 0.5) is 11.4 Å². The average molecular weight is 222 g/mol. The highest BCUT2D eigenvalue weighted by Crippen LogP contribution is 2.22. The van der Waals surface area contributed by atoms with E-state index in [-0.39, 0.29) is 0 Å². The lowest BCUT2D eigenvalue weighted by atomic mass is 10.1. The van der Waals surface area contributed by atoms with Gasteiger partial charge in [-0.2, -0.15) is 0 Å². The molecule has 0 aromatic heterocycles. The van der Waals surface area contributed by atoms with E-state index >= 15 is 0 Å². The van der Waals surface area contributed by atoms with Crippen LogP contribution in [0.15, 0.2) is 28.8 Å². The number of rotatable bonds is 7. The number of unbranched alkanes of at least 4 members (excludes halogenated alkanes) is 1. The van der Waals surface area contributed by atoms with Crippen LogP contribution in [0.2, 0.25) is 0 Å². The first-order valence-corrected chi connectivity index (χ1v) is 5.11. The zero-order valence-electron chi connectivity index (χ0n) is 9.06. The minimum atomic E-state index is 0.609. The monoisotopic (exact) mass is 222 g/mol. The molecule has 0 fully saturated rings. The minimum absolute atomic E-state index is 0.609. The molecule has 2 N–H and O–H groups in total. The first kappa shape index (κ1) is 12.1. The molecule has 0 saturated heterocycles. The highest BCUT2D eigenvalue weighted by atomic mass is 16.3. The lowest BCUT2D eigenvalue weighted by molar-refractivity contribution is 0.795. The Hall–Kier alpha value is -1.98. The Bertz CT molecular complexity index is 368. The molecule has 0 amide bonds. The fourth-order valence-corrected chi connectivity index (χ4v) is 1.45. The summed E-state index contributed by atoms with van der Waals surface area (Å²) in [6.07, 6.45) is 2.88. The minimum Gasteiger partial charge on any atom is -0.242 e. The Labute approximate surface area is 93.3 Å². The van der Waals surface area contributed by atoms with Gasteiger partial charge >= 0.3 is 0 Å². The predicted molar refractivity (Wildman–Crippen MR) is 63.9 cm³/mol. The predicted octanol–water partition coefficient (Wildman–Crippen LogP) is 3.22. The van der Waals surface area contributed by atoms with Crippen molar-refractivity contribution in [2.24, 2.45) is 10.6 Å². The first-order chi connectivity index (χ1) is 7.81. The Morgan fingerprint density at radius 2 is 1.94 bits per heavy atom. The number of anilines is 2. The van der Waals surface area contributed by atoms with Crippen molar-refractivity contribution in [3.8, 4) is 0 Å². The van der Waals surface area contributed by atoms with Gasteiger partial charge in [0.25, 0.3) is 0 Å². The van der Waals surface area contributed by atoms with Crippen LogP contribution in [-0.2, 0) is 6.42 Å². The molecule has 6 nitrogen and oxygen atoms in total. The van der Waals surface area contributed by atoms with E-state index in [9.17, 15) is 9.81 Å². The van der Waals surface area contributed by atoms with Crippen molar-refractivity contribution >= 4 is 11.4 Å². The second-order valence-corrected chi connectivity index (χ2v) is 3.38. The molecule has 16 heavy (non-hydrogen) atoms. The molecule has 0 spiro atoms. The molecule has 0 saturated carbocycles. The Kier molecular flexibility index (Phi) is 4.91. The van der Waals surface area contributed by atoms with E-state index in [2.05, 4.69) is 28.3 Å². The maximum Gasteiger partial charge on any atom is 0.0627 e. The molecule has 1 aromatic carbocycles. The molecule has 0 unspecified atom stereocenters. The summed E-state index contributed by atoms with van der Waals surface area (Å²) in [5.74, 6) is 0. The fraction of sp³-hybridized carbons (Fsp3) is 0.400. The zero-order valence-corrected chi connectivity index (χ0v) is 9.06. The van der Waals surface area contributed by atoms with Crippen molar-refractivity contribution in [3.63, 3.8) is 0 Å². The summed E-state index contributed by atoms with van der Waals surface area (Å²) in [5, 5.41) is 5.24. The van der Waals surface area contributed by atoms with Crippen LogP contribution >= 0.6 is 0 Å². The second-order valence-electron chi connectivity index (χ2n) is 3.38. The molecular weight excluding hydrogens is 208 g/mol. The molecule has 86 valence electrons. The summed E-state index contributed by atoms with van der Waals surface area (Å²) in [5.41, 5.74) is 6.93. The Morgan fingerprint density at radius 1 is 1.19 bits per heavy atom. The van der Waals surface area contributed by atoms with Gasteiger partial charge in [0.15, 0.2) is 0 Å². The summed E-state index contributed by atoms with van der Waals surface area (Å²) in [4.78, 5) is 20.2. The van der Waals surface area contributed by atoms with Crippen molar-refractivity contribution in [2.45, 2.75) is 26.2 Å². The SMILES string of the molecule is CCCCc1cc(NN=O)ccc1NN=O. The van der Waals surface area contributed by atoms with Crippen molar-refractivity contribution in [1.29, 1.82) is 0 Å². The number of hydrogen-bond acceptors (Lipinski definition) is 4. The molecule has 0 heterocycles. The smallest absolute Gasteiger partial charge is 0.0627 e. The molecule has 1 aromatic rings. The largest absolute Gasteiger partial charge is 0.242 e. The van der Waals surface area contributed by atoms with Gasteiger partial charge in [0.1, 0.15) is 0 Å². The number of aryl methyl sites for hydroxylation is 1. The number of nitroso groups, excluding NO2 is 2. The van der Waals surface area contributed by atoms with Gasteiger partial charge in [-0.1, -0.05) is 13.3 Å². The standard InChI is InChI=1S/C10H14N4O2/c1-2-3-4-8-7-9(11-13-15)5-6-10(8)12-14-16/h5-7H,2-4H2,1H3,(H,11,15)(H,12,16). The van der Waals surface area contributed by atoms with Crippen LogP contribution in [0.25, 0.3) is 0 Å². The Morgan fingerprint density at radius 3 is 2.56 bits per heavy atom. The van der Waals surface area contributed by atoms with Crippen LogP contribution in [0.3, 0.4) is 0 Å². The van der Waals surface area contributed by atoms with E-state index in [0.717, 1.165) is 24.8 Å². The van der Waals surface area contributed by atoms with E-state index in [1.54, 1.807) is 18.2 Å². The maximum atomic E-state index is 10.2. The van der Waals surface area contributed by atoms with Crippen molar-refractivity contribution in [1.82, 2.24) is 0 Å². The number of benzene rings is 1. The molecule has 0 aliphatic carbocycles. The van der Waals surface area contributed by atoms with E-state index in [1.807, 2.05) is 0 Å². The zero-order chi connectivity index (χ0) is 11.8. The summed E-state index contributed by atoms with van der Waals surface area (Å²) in [6, 6.07) is 5.13. The molecule has 6 heteroatoms. The van der Waals surface area contributed by atoms with Crippen LogP contribution in [0, 0.1) is 9.81 Å². The average Bonchev–Trinajstić information content (AvgIpc) is 2.30. The van der Waals surface area contributed by atoms with Gasteiger partial charge in [0.2, 0.25) is 0 Å². The van der Waals surface area contributed by atoms with E-state index in [0.29, 0.717) is 11.4 Å². The second kappa shape index (κ2) is 6.49. The fourth-order valence-electron chi connectivity index (χ4n) is 1.45. The van der Waals surface area contributed by atoms with Crippen LogP contribution < -0.4 is 10.9 Å². The van der Waals surface area contributed by atoms with Crippen LogP contribution in [0.5, 0.6) is 0 Å². The van der Waals surface area contributed by atoms with Gasteiger partial charge in [-0.15, -0.1) is 9.81 Å². The molecule has 0 bridgehead atoms. The molecule has 0 aliphatic heterocycles. The third-order valence-corrected chi connectivity index (χ3v) is 2.25. The number of hydrogen-bond donors (Lipinski definition) is 2. The van der Waals surface area contributed by atoms with Gasteiger partial charge in [0.05, 0.1) is 21.9 Å². The van der Waals surface area contributed by atoms with Crippen LogP contribution in [0.1, 0.15) is 25.3 Å². The first-order valence-electron chi connectivity index (χ1n) is 5.11. The highest BCUT2D eigenvalue weighted by Gasteiger charge is 2.03. The highest BCUT2D eigenvalue weighted by molar-refractivity contribution is 5.59. The van der Waals surface area contributed by atoms with Gasteiger partial charge < -0.3 is 0 Å². The lowest BCUT2D eigenvalue weighted by Crippen LogP contribution is -1.96. The quantitative estimate of drug-likeness (QED) is 0.548. The molecule has 0 aliphatic rings. The van der Waals surface area contributed by atoms with Crippen molar-refractivity contribution < 1.29 is 0 Å². The Balaban J connectivity index is 2.90. The van der Waals surface area contributed by atoms with Crippen molar-refractivity contribution in [3.05, 3.63) is 33.6 Å². The van der Waals surface area contributed by atoms with Gasteiger partial charge in [-0.25, -0.2) is 10.9 Å². The molecule has 0 radical (unpaired) electrons. The third-order valence-electron chi connectivity index (χ3n) is 2.25. The normalized spacial score (nSPS) is 9.56. The molecule has 1 rings (SSSR count). The topological polar surface area (TPSA) is 82.9 Å². The van der Waals surface area contributed by atoms with E-state index in [1.165, 1.54) is 0 Å². The van der Waals surface area contributed by atoms with E-state index in [4.69, 9.17) is 0 Å². The maximum absolute atomic E-state index is 10.2. The lowest BCUT2D eigenvalue weighted by Gasteiger charge is -2.08. The summed E-state index contributed by atoms with van der Waals surface area (Å²) < 4.78 is 0. The summed E-state index contributed by atoms with van der Waals surface area (Å²) in [6.45, 7) is 2.08. The molecule has 0 atom stereocenters. The number of nitrogens with zero attached hydrogens (tertiary/aromatic N) is 2. The van der Waals surface area contributed by atoms with E-state index < -0.39 is 0 Å². The number of nitrogens with one attached hydrogen (secondary N) is 2. The molecular formula is C10H14N4O2. The van der Waals surface area contributed by atoms with Gasteiger partial charge in [-0.05, 0) is 36.6 Å². The van der Waals surface area contributed by atoms with Gasteiger partial charge in [0, 0.05) is 0 Å². The van der Waals surface area contributed by atoms with Crippen LogP contribution in [-0.4, -0.2) is 0 Å². The third kappa shape index (κ3) is 3.30. The summed E-state index contributed by atoms with van der Waals surface area (Å²) in [7, 11) is 0. The van der Waals surface area contributed by atoms with Crippen molar-refractivity contribution in [2.75, 3.05) is 10.9 Å². The van der Waals surface area contributed by atoms with Gasteiger partial charge in [-0.3, -0.25) is 0 Å².